The van der Waals surface area contributed by atoms with Crippen LogP contribution in [-0.2, 0) is 4.79 Å². The number of carboxylic acids is 1. The van der Waals surface area contributed by atoms with Crippen LogP contribution in [0, 0.1) is 0 Å². The molecule has 0 aliphatic carbocycles. The molecule has 0 aliphatic heterocycles. The molecule has 0 radical (unpaired) electrons. The average Bonchev–Trinajstić information content (AvgIpc) is 2.05. The second-order valence-electron chi connectivity index (χ2n) is 2.21. The van der Waals surface area contributed by atoms with Crippen molar-refractivity contribution in [2.45, 2.75) is 0 Å². The van der Waals surface area contributed by atoms with Gasteiger partial charge in [-0.3, -0.25) is 9.80 Å². The van der Waals surface area contributed by atoms with Crippen molar-refractivity contribution in [1.82, 2.24) is 4.98 Å². The molecule has 0 saturated carbocycles. The highest BCUT2D eigenvalue weighted by atomic mass is 16.4. The summed E-state index contributed by atoms with van der Waals surface area (Å²) in [5.41, 5.74) is 0. The third-order valence-corrected chi connectivity index (χ3v) is 1.25. The SMILES string of the molecule is NN(CC(=O)O)c1ccccn1. The van der Waals surface area contributed by atoms with Crippen molar-refractivity contribution in [1.29, 1.82) is 0 Å². The number of rotatable bonds is 3. The first-order valence-electron chi connectivity index (χ1n) is 3.35. The first-order chi connectivity index (χ1) is 5.70. The first kappa shape index (κ1) is 8.48. The molecule has 12 heavy (non-hydrogen) atoms. The average molecular weight is 167 g/mol. The molecule has 1 rings (SSSR count). The number of carbonyl (C=O) groups is 1. The Morgan fingerprint density at radius 3 is 2.92 bits per heavy atom. The number of nitrogens with two attached hydrogens (primary N) is 1. The number of hydrogen-bond donors (Lipinski definition) is 2. The molecule has 0 spiro atoms. The van der Waals surface area contributed by atoms with Crippen LogP contribution in [0.2, 0.25) is 0 Å². The van der Waals surface area contributed by atoms with E-state index in [2.05, 4.69) is 4.98 Å². The van der Waals surface area contributed by atoms with Crippen molar-refractivity contribution >= 4 is 11.8 Å². The lowest BCUT2D eigenvalue weighted by Gasteiger charge is -2.13. The predicted octanol–water partition coefficient (Wildman–Crippen LogP) is -0.154. The lowest BCUT2D eigenvalue weighted by atomic mass is 10.4. The van der Waals surface area contributed by atoms with Gasteiger partial charge in [0.2, 0.25) is 0 Å². The fraction of sp³-hybridized carbons (Fsp3) is 0.143. The van der Waals surface area contributed by atoms with E-state index in [9.17, 15) is 4.79 Å². The maximum atomic E-state index is 10.2. The van der Waals surface area contributed by atoms with Crippen LogP contribution in [-0.4, -0.2) is 22.6 Å². The van der Waals surface area contributed by atoms with Crippen molar-refractivity contribution < 1.29 is 9.90 Å². The number of carboxylic acid groups (broad SMARTS) is 1. The van der Waals surface area contributed by atoms with Crippen molar-refractivity contribution in [3.05, 3.63) is 24.4 Å². The third-order valence-electron chi connectivity index (χ3n) is 1.25. The smallest absolute Gasteiger partial charge is 0.324 e. The zero-order valence-electron chi connectivity index (χ0n) is 6.34. The largest absolute Gasteiger partial charge is 0.480 e. The van der Waals surface area contributed by atoms with Crippen LogP contribution in [0.3, 0.4) is 0 Å². The minimum absolute atomic E-state index is 0.253. The van der Waals surface area contributed by atoms with Crippen LogP contribution < -0.4 is 10.9 Å². The first-order valence-corrected chi connectivity index (χ1v) is 3.35. The van der Waals surface area contributed by atoms with Gasteiger partial charge in [-0.1, -0.05) is 6.07 Å². The standard InChI is InChI=1S/C7H9N3O2/c8-10(5-7(11)12)6-3-1-2-4-9-6/h1-4H,5,8H2,(H,11,12). The number of hydrogen-bond acceptors (Lipinski definition) is 4. The van der Waals surface area contributed by atoms with Gasteiger partial charge in [-0.15, -0.1) is 0 Å². The number of aliphatic carboxylic acids is 1. The number of anilines is 1. The number of nitrogens with zero attached hydrogens (tertiary/aromatic N) is 2. The molecule has 0 amide bonds. The summed E-state index contributed by atoms with van der Waals surface area (Å²) in [5, 5.41) is 9.47. The second kappa shape index (κ2) is 3.68. The number of pyridine rings is 1. The van der Waals surface area contributed by atoms with Gasteiger partial charge in [-0.2, -0.15) is 0 Å². The summed E-state index contributed by atoms with van der Waals surface area (Å²) in [5.74, 6) is 4.85. The van der Waals surface area contributed by atoms with Gasteiger partial charge in [-0.05, 0) is 12.1 Å². The van der Waals surface area contributed by atoms with Crippen LogP contribution in [0.4, 0.5) is 5.82 Å². The second-order valence-corrected chi connectivity index (χ2v) is 2.21. The third kappa shape index (κ3) is 2.21. The highest BCUT2D eigenvalue weighted by Gasteiger charge is 2.05. The maximum Gasteiger partial charge on any atom is 0.324 e. The van der Waals surface area contributed by atoms with Crippen molar-refractivity contribution in [3.63, 3.8) is 0 Å². The molecule has 0 bridgehead atoms. The lowest BCUT2D eigenvalue weighted by Crippen LogP contribution is -2.36. The number of hydrazine groups is 1. The van der Waals surface area contributed by atoms with E-state index in [-0.39, 0.29) is 6.54 Å². The molecule has 3 N–H and O–H groups in total. The summed E-state index contributed by atoms with van der Waals surface area (Å²) in [6, 6.07) is 5.12. The predicted molar refractivity (Wildman–Crippen MR) is 43.4 cm³/mol. The van der Waals surface area contributed by atoms with Crippen molar-refractivity contribution in [2.75, 3.05) is 11.6 Å². The van der Waals surface area contributed by atoms with Crippen LogP contribution in [0.5, 0.6) is 0 Å². The van der Waals surface area contributed by atoms with Gasteiger partial charge in [-0.25, -0.2) is 10.8 Å². The van der Waals surface area contributed by atoms with E-state index in [0.29, 0.717) is 5.82 Å². The van der Waals surface area contributed by atoms with Crippen molar-refractivity contribution in [2.24, 2.45) is 5.84 Å². The number of aromatic nitrogens is 1. The van der Waals surface area contributed by atoms with Crippen LogP contribution in [0.1, 0.15) is 0 Å². The van der Waals surface area contributed by atoms with E-state index < -0.39 is 5.97 Å². The minimum atomic E-state index is -0.983. The van der Waals surface area contributed by atoms with E-state index in [1.54, 1.807) is 24.4 Å². The zero-order chi connectivity index (χ0) is 8.97. The Morgan fingerprint density at radius 1 is 1.67 bits per heavy atom. The van der Waals surface area contributed by atoms with E-state index >= 15 is 0 Å². The van der Waals surface area contributed by atoms with Crippen molar-refractivity contribution in [3.8, 4) is 0 Å². The van der Waals surface area contributed by atoms with E-state index in [0.717, 1.165) is 5.01 Å². The summed E-state index contributed by atoms with van der Waals surface area (Å²) in [7, 11) is 0. The summed E-state index contributed by atoms with van der Waals surface area (Å²) < 4.78 is 0. The minimum Gasteiger partial charge on any atom is -0.480 e. The monoisotopic (exact) mass is 167 g/mol. The van der Waals surface area contributed by atoms with Gasteiger partial charge in [0, 0.05) is 6.20 Å². The van der Waals surface area contributed by atoms with Crippen LogP contribution >= 0.6 is 0 Å². The Kier molecular flexibility index (Phi) is 2.60. The molecule has 0 saturated heterocycles. The Labute approximate surface area is 69.4 Å². The molecule has 0 unspecified atom stereocenters. The highest BCUT2D eigenvalue weighted by Crippen LogP contribution is 2.02. The molecule has 0 fully saturated rings. The van der Waals surface area contributed by atoms with Gasteiger partial charge in [0.25, 0.3) is 0 Å². The molecule has 1 heterocycles. The van der Waals surface area contributed by atoms with Gasteiger partial charge < -0.3 is 5.11 Å². The highest BCUT2D eigenvalue weighted by molar-refractivity contribution is 5.72. The van der Waals surface area contributed by atoms with Gasteiger partial charge >= 0.3 is 5.97 Å². The topological polar surface area (TPSA) is 79.5 Å². The molecule has 1 aromatic rings. The molecule has 0 atom stereocenters. The molecule has 5 nitrogen and oxygen atoms in total. The Hall–Kier alpha value is -1.62. The van der Waals surface area contributed by atoms with Crippen LogP contribution in [0.15, 0.2) is 24.4 Å². The fourth-order valence-corrected chi connectivity index (χ4v) is 0.750. The molecule has 64 valence electrons. The van der Waals surface area contributed by atoms with Gasteiger partial charge in [0.1, 0.15) is 12.4 Å². The van der Waals surface area contributed by atoms with Crippen LogP contribution in [0.25, 0.3) is 0 Å². The molecule has 1 aromatic heterocycles. The fourth-order valence-electron chi connectivity index (χ4n) is 0.750. The Morgan fingerprint density at radius 2 is 2.42 bits per heavy atom. The summed E-state index contributed by atoms with van der Waals surface area (Å²) in [6.07, 6.45) is 1.55. The van der Waals surface area contributed by atoms with E-state index in [4.69, 9.17) is 10.9 Å². The molecule has 0 aliphatic rings. The summed E-state index contributed by atoms with van der Waals surface area (Å²) in [6.45, 7) is -0.253. The quantitative estimate of drug-likeness (QED) is 0.483. The molecule has 0 aromatic carbocycles. The van der Waals surface area contributed by atoms with Gasteiger partial charge in [0.15, 0.2) is 0 Å². The summed E-state index contributed by atoms with van der Waals surface area (Å²) >= 11 is 0. The maximum absolute atomic E-state index is 10.2. The molecule has 5 heteroatoms. The summed E-state index contributed by atoms with van der Waals surface area (Å²) in [4.78, 5) is 14.1. The van der Waals surface area contributed by atoms with E-state index in [1.165, 1.54) is 0 Å². The Balaban J connectivity index is 2.65. The zero-order valence-corrected chi connectivity index (χ0v) is 6.34. The lowest BCUT2D eigenvalue weighted by molar-refractivity contribution is -0.135. The van der Waals surface area contributed by atoms with E-state index in [1.807, 2.05) is 0 Å². The van der Waals surface area contributed by atoms with Gasteiger partial charge in [0.05, 0.1) is 0 Å². The Bertz CT molecular complexity index is 263. The molecular weight excluding hydrogens is 158 g/mol. The molecular formula is C7H9N3O2. The normalized spacial score (nSPS) is 9.42.